The van der Waals surface area contributed by atoms with Crippen molar-refractivity contribution in [3.05, 3.63) is 59.0 Å². The minimum atomic E-state index is -0.0524. The summed E-state index contributed by atoms with van der Waals surface area (Å²) in [6.45, 7) is 3.70. The van der Waals surface area contributed by atoms with Gasteiger partial charge in [-0.1, -0.05) is 18.2 Å². The molecule has 2 aliphatic heterocycles. The van der Waals surface area contributed by atoms with Crippen molar-refractivity contribution in [2.75, 3.05) is 38.6 Å². The Morgan fingerprint density at radius 1 is 1.17 bits per heavy atom. The Morgan fingerprint density at radius 2 is 2.00 bits per heavy atom. The van der Waals surface area contributed by atoms with E-state index in [1.54, 1.807) is 13.2 Å². The van der Waals surface area contributed by atoms with Gasteiger partial charge in [0.2, 0.25) is 0 Å². The number of hydrogen-bond donors (Lipinski definition) is 2. The third-order valence-corrected chi connectivity index (χ3v) is 6.33. The zero-order valence-electron chi connectivity index (χ0n) is 17.2. The molecule has 1 saturated heterocycles. The fourth-order valence-corrected chi connectivity index (χ4v) is 4.70. The summed E-state index contributed by atoms with van der Waals surface area (Å²) in [4.78, 5) is 2.39. The predicted molar refractivity (Wildman–Crippen MR) is 118 cm³/mol. The molecule has 0 amide bonds. The zero-order valence-corrected chi connectivity index (χ0v) is 17.2. The molecule has 3 heterocycles. The van der Waals surface area contributed by atoms with E-state index in [9.17, 15) is 4.39 Å². The van der Waals surface area contributed by atoms with E-state index in [4.69, 9.17) is 4.74 Å². The molecule has 1 aliphatic carbocycles. The van der Waals surface area contributed by atoms with Gasteiger partial charge >= 0.3 is 0 Å². The number of ether oxygens (including phenoxy) is 1. The van der Waals surface area contributed by atoms with E-state index in [0.717, 1.165) is 54.4 Å². The van der Waals surface area contributed by atoms with Crippen LogP contribution in [0.2, 0.25) is 0 Å². The molecule has 1 unspecified atom stereocenters. The number of para-hydroxylation sites is 1. The van der Waals surface area contributed by atoms with Crippen LogP contribution in [0.5, 0.6) is 5.75 Å². The molecule has 1 atom stereocenters. The van der Waals surface area contributed by atoms with Crippen LogP contribution < -0.4 is 10.1 Å². The highest BCUT2D eigenvalue weighted by molar-refractivity contribution is 5.85. The highest BCUT2D eigenvalue weighted by atomic mass is 19.1. The molecular weight excluding hydrogens is 379 g/mol. The van der Waals surface area contributed by atoms with Crippen molar-refractivity contribution in [2.24, 2.45) is 5.92 Å². The van der Waals surface area contributed by atoms with Crippen LogP contribution in [-0.4, -0.2) is 48.4 Å². The third-order valence-electron chi connectivity index (χ3n) is 6.33. The molecule has 5 rings (SSSR count). The fraction of sp³-hybridized carbons (Fsp3) is 0.375. The van der Waals surface area contributed by atoms with Crippen molar-refractivity contribution < 1.29 is 9.13 Å². The second-order valence-electron chi connectivity index (χ2n) is 8.24. The molecule has 1 aromatic heterocycles. The summed E-state index contributed by atoms with van der Waals surface area (Å²) >= 11 is 0. The third kappa shape index (κ3) is 3.56. The predicted octanol–water partition coefficient (Wildman–Crippen LogP) is 4.79. The maximum atomic E-state index is 14.5. The molecule has 30 heavy (non-hydrogen) atoms. The lowest BCUT2D eigenvalue weighted by Gasteiger charge is -2.27. The van der Waals surface area contributed by atoms with Crippen molar-refractivity contribution in [1.82, 2.24) is 15.1 Å². The van der Waals surface area contributed by atoms with Crippen LogP contribution in [0.25, 0.3) is 17.3 Å². The summed E-state index contributed by atoms with van der Waals surface area (Å²) in [5, 5.41) is 11.1. The number of likely N-dealkylation sites (tertiary alicyclic amines) is 1. The number of benzene rings is 1. The van der Waals surface area contributed by atoms with Crippen LogP contribution in [0.3, 0.4) is 0 Å². The number of methoxy groups -OCH3 is 1. The number of aromatic amines is 1. The number of halogens is 1. The molecule has 5 nitrogen and oxygen atoms in total. The lowest BCUT2D eigenvalue weighted by molar-refractivity contribution is 0.274. The van der Waals surface area contributed by atoms with Crippen LogP contribution in [0.15, 0.2) is 53.4 Å². The molecule has 0 spiro atoms. The minimum Gasteiger partial charge on any atom is -0.496 e. The summed E-state index contributed by atoms with van der Waals surface area (Å²) in [5.74, 6) is 1.66. The van der Waals surface area contributed by atoms with Gasteiger partial charge in [0.1, 0.15) is 23.1 Å². The van der Waals surface area contributed by atoms with Crippen molar-refractivity contribution in [2.45, 2.75) is 19.3 Å². The number of H-pyrrole nitrogens is 1. The number of aromatic nitrogens is 2. The molecular formula is C24H27FN4O. The quantitative estimate of drug-likeness (QED) is 0.750. The van der Waals surface area contributed by atoms with Gasteiger partial charge in [-0.05, 0) is 67.8 Å². The van der Waals surface area contributed by atoms with Gasteiger partial charge in [-0.25, -0.2) is 4.39 Å². The van der Waals surface area contributed by atoms with Gasteiger partial charge in [0.15, 0.2) is 0 Å². The topological polar surface area (TPSA) is 53.2 Å². The van der Waals surface area contributed by atoms with E-state index in [0.29, 0.717) is 6.54 Å². The molecule has 2 N–H and O–H groups in total. The Labute approximate surface area is 176 Å². The standard InChI is InChI=1S/C24H27FN4O/c1-30-22-7-3-2-6-19(22)23-20-13-17(14-26-24(20)28-27-23)16-8-9-21(25)18(12-16)15-29-10-4-5-11-29/h2-3,6-9,13,18H,4-5,10-12,14-15H2,1H3,(H2,26,27,28). The summed E-state index contributed by atoms with van der Waals surface area (Å²) in [6, 6.07) is 7.90. The van der Waals surface area contributed by atoms with Gasteiger partial charge in [-0.15, -0.1) is 0 Å². The van der Waals surface area contributed by atoms with Gasteiger partial charge in [-0.2, -0.15) is 5.10 Å². The first kappa shape index (κ1) is 19.1. The highest BCUT2D eigenvalue weighted by Crippen LogP contribution is 2.39. The smallest absolute Gasteiger partial charge is 0.129 e. The van der Waals surface area contributed by atoms with Gasteiger partial charge in [-0.3, -0.25) is 5.10 Å². The molecule has 1 aromatic carbocycles. The lowest BCUT2D eigenvalue weighted by Crippen LogP contribution is -2.28. The number of nitrogens with one attached hydrogen (secondary N) is 2. The SMILES string of the molecule is COc1ccccc1-c1n[nH]c2c1C=C(C1=CC=C(F)C(CN3CCCC3)C1)CN2. The Balaban J connectivity index is 1.43. The first-order valence-electron chi connectivity index (χ1n) is 10.7. The average molecular weight is 407 g/mol. The lowest BCUT2D eigenvalue weighted by atomic mass is 9.86. The highest BCUT2D eigenvalue weighted by Gasteiger charge is 2.27. The van der Waals surface area contributed by atoms with E-state index in [1.807, 2.05) is 30.3 Å². The van der Waals surface area contributed by atoms with Crippen LogP contribution in [0, 0.1) is 5.92 Å². The molecule has 156 valence electrons. The summed E-state index contributed by atoms with van der Waals surface area (Å²) in [6.07, 6.45) is 8.98. The first-order valence-corrected chi connectivity index (χ1v) is 10.7. The molecule has 1 fully saturated rings. The van der Waals surface area contributed by atoms with Crippen LogP contribution in [-0.2, 0) is 0 Å². The summed E-state index contributed by atoms with van der Waals surface area (Å²) in [5.41, 5.74) is 5.22. The fourth-order valence-electron chi connectivity index (χ4n) is 4.70. The number of nitrogens with zero attached hydrogens (tertiary/aromatic N) is 2. The number of allylic oxidation sites excluding steroid dienone is 2. The van der Waals surface area contributed by atoms with E-state index in [1.165, 1.54) is 24.0 Å². The van der Waals surface area contributed by atoms with Gasteiger partial charge < -0.3 is 15.0 Å². The van der Waals surface area contributed by atoms with Gasteiger partial charge in [0.25, 0.3) is 0 Å². The monoisotopic (exact) mass is 406 g/mol. The molecule has 2 aromatic rings. The van der Waals surface area contributed by atoms with Gasteiger partial charge in [0, 0.05) is 30.1 Å². The normalized spacial score (nSPS) is 21.4. The summed E-state index contributed by atoms with van der Waals surface area (Å²) < 4.78 is 20.1. The Morgan fingerprint density at radius 3 is 2.83 bits per heavy atom. The Kier molecular flexibility index (Phi) is 5.17. The number of hydrogen-bond acceptors (Lipinski definition) is 4. The Hall–Kier alpha value is -2.86. The van der Waals surface area contributed by atoms with Crippen LogP contribution in [0.4, 0.5) is 10.2 Å². The largest absolute Gasteiger partial charge is 0.496 e. The minimum absolute atomic E-state index is 0.00808. The number of rotatable bonds is 5. The van der Waals surface area contributed by atoms with E-state index in [-0.39, 0.29) is 11.7 Å². The maximum Gasteiger partial charge on any atom is 0.129 e. The Bertz CT molecular complexity index is 1030. The van der Waals surface area contributed by atoms with Crippen LogP contribution >= 0.6 is 0 Å². The molecule has 3 aliphatic rings. The molecule has 0 saturated carbocycles. The molecule has 0 radical (unpaired) electrons. The van der Waals surface area contributed by atoms with E-state index in [2.05, 4.69) is 26.5 Å². The van der Waals surface area contributed by atoms with Gasteiger partial charge in [0.05, 0.1) is 7.11 Å². The van der Waals surface area contributed by atoms with Crippen molar-refractivity contribution in [3.8, 4) is 17.0 Å². The first-order chi connectivity index (χ1) is 14.7. The zero-order chi connectivity index (χ0) is 20.5. The van der Waals surface area contributed by atoms with Crippen molar-refractivity contribution in [1.29, 1.82) is 0 Å². The number of fused-ring (bicyclic) bond motifs is 1. The van der Waals surface area contributed by atoms with E-state index >= 15 is 0 Å². The second kappa shape index (κ2) is 8.11. The average Bonchev–Trinajstić information content (AvgIpc) is 3.44. The molecule has 0 bridgehead atoms. The van der Waals surface area contributed by atoms with E-state index < -0.39 is 0 Å². The van der Waals surface area contributed by atoms with Crippen LogP contribution in [0.1, 0.15) is 24.8 Å². The summed E-state index contributed by atoms with van der Waals surface area (Å²) in [7, 11) is 1.67. The van der Waals surface area contributed by atoms with Crippen molar-refractivity contribution in [3.63, 3.8) is 0 Å². The number of anilines is 1. The maximum absolute atomic E-state index is 14.5. The van der Waals surface area contributed by atoms with Crippen molar-refractivity contribution >= 4 is 11.9 Å². The molecule has 6 heteroatoms. The second-order valence-corrected chi connectivity index (χ2v) is 8.24.